The summed E-state index contributed by atoms with van der Waals surface area (Å²) >= 11 is 0. The van der Waals surface area contributed by atoms with Crippen LogP contribution in [0.5, 0.6) is 0 Å². The van der Waals surface area contributed by atoms with Crippen LogP contribution in [0.15, 0.2) is 36.9 Å². The van der Waals surface area contributed by atoms with Crippen LogP contribution in [0.1, 0.15) is 44.6 Å². The molecule has 3 rings (SSSR count). The quantitative estimate of drug-likeness (QED) is 0.700. The first-order chi connectivity index (χ1) is 13.0. The van der Waals surface area contributed by atoms with Gasteiger partial charge in [-0.2, -0.15) is 0 Å². The lowest BCUT2D eigenvalue weighted by Gasteiger charge is -2.39. The number of tetrazole rings is 1. The van der Waals surface area contributed by atoms with Gasteiger partial charge in [0.05, 0.1) is 11.6 Å². The van der Waals surface area contributed by atoms with Crippen LogP contribution in [-0.2, 0) is 5.54 Å². The molecule has 1 fully saturated rings. The first kappa shape index (κ1) is 19.6. The molecule has 0 unspecified atom stereocenters. The van der Waals surface area contributed by atoms with Gasteiger partial charge in [-0.15, -0.1) is 11.7 Å². The van der Waals surface area contributed by atoms with Gasteiger partial charge in [0.2, 0.25) is 0 Å². The minimum atomic E-state index is -0.234. The van der Waals surface area contributed by atoms with Gasteiger partial charge in [0, 0.05) is 32.7 Å². The zero-order valence-electron chi connectivity index (χ0n) is 16.5. The molecule has 1 aliphatic rings. The van der Waals surface area contributed by atoms with Crippen LogP contribution < -0.4 is 0 Å². The highest BCUT2D eigenvalue weighted by molar-refractivity contribution is 5.26. The molecule has 0 radical (unpaired) electrons. The Labute approximate surface area is 160 Å². The maximum absolute atomic E-state index is 13.5. The number of piperazine rings is 1. The van der Waals surface area contributed by atoms with Crippen LogP contribution in [0.4, 0.5) is 4.39 Å². The van der Waals surface area contributed by atoms with Crippen molar-refractivity contribution in [1.82, 2.24) is 30.0 Å². The third kappa shape index (κ3) is 4.25. The number of halogens is 1. The second kappa shape index (κ2) is 8.27. The Bertz CT molecular complexity index is 746. The smallest absolute Gasteiger partial charge is 0.173 e. The molecule has 0 spiro atoms. The SMILES string of the molecule is C=CCN1CCN([C@@H](c2ccc(F)cc2)c2nnnn2C(C)(C)CC)CC1. The van der Waals surface area contributed by atoms with Crippen molar-refractivity contribution in [2.24, 2.45) is 0 Å². The number of hydrogen-bond donors (Lipinski definition) is 0. The van der Waals surface area contributed by atoms with E-state index >= 15 is 0 Å². The van der Waals surface area contributed by atoms with Gasteiger partial charge in [0.15, 0.2) is 5.82 Å². The maximum Gasteiger partial charge on any atom is 0.173 e. The fourth-order valence-electron chi connectivity index (χ4n) is 3.50. The Morgan fingerprint density at radius 2 is 1.85 bits per heavy atom. The molecule has 7 heteroatoms. The van der Waals surface area contributed by atoms with Gasteiger partial charge < -0.3 is 0 Å². The molecule has 1 aromatic heterocycles. The first-order valence-electron chi connectivity index (χ1n) is 9.58. The van der Waals surface area contributed by atoms with Gasteiger partial charge >= 0.3 is 0 Å². The van der Waals surface area contributed by atoms with Crippen molar-refractivity contribution in [1.29, 1.82) is 0 Å². The van der Waals surface area contributed by atoms with Crippen LogP contribution in [0.3, 0.4) is 0 Å². The summed E-state index contributed by atoms with van der Waals surface area (Å²) in [7, 11) is 0. The molecule has 0 N–H and O–H groups in total. The molecule has 1 atom stereocenters. The number of benzene rings is 1. The van der Waals surface area contributed by atoms with E-state index in [0.29, 0.717) is 0 Å². The van der Waals surface area contributed by atoms with E-state index in [9.17, 15) is 4.39 Å². The lowest BCUT2D eigenvalue weighted by molar-refractivity contribution is 0.109. The van der Waals surface area contributed by atoms with Crippen molar-refractivity contribution < 1.29 is 4.39 Å². The predicted octanol–water partition coefficient (Wildman–Crippen LogP) is 2.85. The fraction of sp³-hybridized carbons (Fsp3) is 0.550. The molecule has 2 heterocycles. The van der Waals surface area contributed by atoms with E-state index in [1.165, 1.54) is 12.1 Å². The van der Waals surface area contributed by atoms with Crippen LogP contribution in [0.25, 0.3) is 0 Å². The summed E-state index contributed by atoms with van der Waals surface area (Å²) in [6.07, 6.45) is 2.85. The summed E-state index contributed by atoms with van der Waals surface area (Å²) < 4.78 is 15.4. The monoisotopic (exact) mass is 372 g/mol. The van der Waals surface area contributed by atoms with E-state index < -0.39 is 0 Å². The highest BCUT2D eigenvalue weighted by Gasteiger charge is 2.33. The highest BCUT2D eigenvalue weighted by atomic mass is 19.1. The molecule has 2 aromatic rings. The van der Waals surface area contributed by atoms with Crippen LogP contribution >= 0.6 is 0 Å². The van der Waals surface area contributed by atoms with Gasteiger partial charge in [0.1, 0.15) is 5.82 Å². The van der Waals surface area contributed by atoms with E-state index in [2.05, 4.69) is 52.7 Å². The molecule has 0 bridgehead atoms. The minimum absolute atomic E-state index is 0.0997. The summed E-state index contributed by atoms with van der Waals surface area (Å²) in [5, 5.41) is 12.7. The molecular formula is C20H29FN6. The topological polar surface area (TPSA) is 50.1 Å². The minimum Gasteiger partial charge on any atom is -0.297 e. The Morgan fingerprint density at radius 3 is 2.44 bits per heavy atom. The van der Waals surface area contributed by atoms with Crippen LogP contribution in [0.2, 0.25) is 0 Å². The molecule has 1 aromatic carbocycles. The van der Waals surface area contributed by atoms with E-state index in [-0.39, 0.29) is 17.4 Å². The molecule has 0 amide bonds. The number of rotatable bonds is 7. The molecule has 27 heavy (non-hydrogen) atoms. The van der Waals surface area contributed by atoms with Crippen molar-refractivity contribution in [3.8, 4) is 0 Å². The van der Waals surface area contributed by atoms with E-state index in [1.54, 1.807) is 0 Å². The van der Waals surface area contributed by atoms with Crippen molar-refractivity contribution in [3.63, 3.8) is 0 Å². The number of hydrogen-bond acceptors (Lipinski definition) is 5. The van der Waals surface area contributed by atoms with Crippen molar-refractivity contribution >= 4 is 0 Å². The van der Waals surface area contributed by atoms with Gasteiger partial charge in [-0.3, -0.25) is 9.80 Å². The number of nitrogens with zero attached hydrogens (tertiary/aromatic N) is 6. The van der Waals surface area contributed by atoms with Crippen LogP contribution in [0, 0.1) is 5.82 Å². The van der Waals surface area contributed by atoms with Gasteiger partial charge in [-0.05, 0) is 48.4 Å². The second-order valence-corrected chi connectivity index (χ2v) is 7.69. The largest absolute Gasteiger partial charge is 0.297 e. The highest BCUT2D eigenvalue weighted by Crippen LogP contribution is 2.31. The molecule has 1 aliphatic heterocycles. The van der Waals surface area contributed by atoms with E-state index in [4.69, 9.17) is 0 Å². The first-order valence-corrected chi connectivity index (χ1v) is 9.58. The third-order valence-corrected chi connectivity index (χ3v) is 5.52. The number of aromatic nitrogens is 4. The van der Waals surface area contributed by atoms with Gasteiger partial charge in [-0.25, -0.2) is 9.07 Å². The maximum atomic E-state index is 13.5. The standard InChI is InChI=1S/C20H29FN6/c1-5-11-25-12-14-26(15-13-25)18(16-7-9-17(21)10-8-16)19-22-23-24-27(19)20(3,4)6-2/h5,7-10,18H,1,6,11-15H2,2-4H3/t18-/m0/s1. The zero-order valence-corrected chi connectivity index (χ0v) is 16.5. The summed E-state index contributed by atoms with van der Waals surface area (Å²) in [5.41, 5.74) is 0.818. The average molecular weight is 372 g/mol. The molecule has 0 aliphatic carbocycles. The second-order valence-electron chi connectivity index (χ2n) is 7.69. The van der Waals surface area contributed by atoms with E-state index in [0.717, 1.165) is 50.5 Å². The molecule has 6 nitrogen and oxygen atoms in total. The van der Waals surface area contributed by atoms with Gasteiger partial charge in [0.25, 0.3) is 0 Å². The molecule has 1 saturated heterocycles. The Hall–Kier alpha value is -2.12. The summed E-state index contributed by atoms with van der Waals surface area (Å²) in [5.74, 6) is 0.576. The Kier molecular flexibility index (Phi) is 6.01. The van der Waals surface area contributed by atoms with Gasteiger partial charge in [-0.1, -0.05) is 25.1 Å². The van der Waals surface area contributed by atoms with Crippen LogP contribution in [-0.4, -0.2) is 62.7 Å². The Morgan fingerprint density at radius 1 is 1.19 bits per heavy atom. The molecule has 0 saturated carbocycles. The normalized spacial score (nSPS) is 17.8. The van der Waals surface area contributed by atoms with Crippen molar-refractivity contribution in [3.05, 3.63) is 54.1 Å². The zero-order chi connectivity index (χ0) is 19.4. The van der Waals surface area contributed by atoms with E-state index in [1.807, 2.05) is 22.9 Å². The van der Waals surface area contributed by atoms with Crippen molar-refractivity contribution in [2.45, 2.75) is 38.8 Å². The lowest BCUT2D eigenvalue weighted by atomic mass is 9.99. The lowest BCUT2D eigenvalue weighted by Crippen LogP contribution is -2.48. The molecular weight excluding hydrogens is 343 g/mol. The summed E-state index contributed by atoms with van der Waals surface area (Å²) in [6, 6.07) is 6.60. The summed E-state index contributed by atoms with van der Waals surface area (Å²) in [6.45, 7) is 14.9. The molecule has 146 valence electrons. The average Bonchev–Trinajstić information content (AvgIpc) is 3.15. The summed E-state index contributed by atoms with van der Waals surface area (Å²) in [4.78, 5) is 4.77. The predicted molar refractivity (Wildman–Crippen MR) is 104 cm³/mol. The Balaban J connectivity index is 1.96. The third-order valence-electron chi connectivity index (χ3n) is 5.52. The van der Waals surface area contributed by atoms with Crippen molar-refractivity contribution in [2.75, 3.05) is 32.7 Å². The fourth-order valence-corrected chi connectivity index (χ4v) is 3.50.